The summed E-state index contributed by atoms with van der Waals surface area (Å²) in [7, 11) is 0. The monoisotopic (exact) mass is 254 g/mol. The first-order valence-electron chi connectivity index (χ1n) is 5.89. The third-order valence-electron chi connectivity index (χ3n) is 2.66. The van der Waals surface area contributed by atoms with E-state index in [-0.39, 0.29) is 0 Å². The van der Waals surface area contributed by atoms with Crippen molar-refractivity contribution in [2.24, 2.45) is 0 Å². The predicted molar refractivity (Wildman–Crippen MR) is 66.8 cm³/mol. The Bertz CT molecular complexity index is 485. The summed E-state index contributed by atoms with van der Waals surface area (Å²) >= 11 is 0. The maximum atomic E-state index is 11.8. The molecule has 1 heterocycles. The second-order valence-corrected chi connectivity index (χ2v) is 4.00. The molecule has 0 amide bonds. The van der Waals surface area contributed by atoms with Crippen molar-refractivity contribution in [2.75, 3.05) is 19.8 Å². The SMILES string of the molecule is FC(F)COCCNCc1cccc2cc[nH]c12. The number of halogens is 2. The number of para-hydroxylation sites is 1. The molecule has 2 aromatic rings. The molecule has 0 aliphatic heterocycles. The van der Waals surface area contributed by atoms with Gasteiger partial charge in [-0.1, -0.05) is 18.2 Å². The van der Waals surface area contributed by atoms with E-state index in [1.807, 2.05) is 30.5 Å². The Hall–Kier alpha value is -1.46. The summed E-state index contributed by atoms with van der Waals surface area (Å²) < 4.78 is 28.4. The maximum absolute atomic E-state index is 11.8. The standard InChI is InChI=1S/C13H16F2N2O/c14-12(15)9-18-7-6-16-8-11-3-1-2-10-4-5-17-13(10)11/h1-5,12,16-17H,6-9H2. The number of H-pyrrole nitrogens is 1. The molecule has 2 rings (SSSR count). The Morgan fingerprint density at radius 3 is 3.00 bits per heavy atom. The second-order valence-electron chi connectivity index (χ2n) is 4.00. The molecule has 0 fully saturated rings. The average Bonchev–Trinajstić information content (AvgIpc) is 2.82. The van der Waals surface area contributed by atoms with Crippen LogP contribution in [-0.4, -0.2) is 31.2 Å². The van der Waals surface area contributed by atoms with Gasteiger partial charge in [-0.25, -0.2) is 8.78 Å². The Labute approximate surface area is 104 Å². The van der Waals surface area contributed by atoms with E-state index in [2.05, 4.69) is 10.3 Å². The van der Waals surface area contributed by atoms with E-state index < -0.39 is 13.0 Å². The number of fused-ring (bicyclic) bond motifs is 1. The van der Waals surface area contributed by atoms with Crippen molar-refractivity contribution in [2.45, 2.75) is 13.0 Å². The summed E-state index contributed by atoms with van der Waals surface area (Å²) in [6.07, 6.45) is -0.488. The fourth-order valence-electron chi connectivity index (χ4n) is 1.84. The maximum Gasteiger partial charge on any atom is 0.261 e. The van der Waals surface area contributed by atoms with E-state index in [4.69, 9.17) is 4.74 Å². The normalized spacial score (nSPS) is 11.5. The van der Waals surface area contributed by atoms with Crippen molar-refractivity contribution in [3.05, 3.63) is 36.0 Å². The molecule has 3 nitrogen and oxygen atoms in total. The molecule has 0 spiro atoms. The van der Waals surface area contributed by atoms with E-state index in [0.29, 0.717) is 19.7 Å². The Morgan fingerprint density at radius 2 is 2.17 bits per heavy atom. The van der Waals surface area contributed by atoms with Gasteiger partial charge in [0.1, 0.15) is 6.61 Å². The first-order valence-corrected chi connectivity index (χ1v) is 5.89. The quantitative estimate of drug-likeness (QED) is 0.745. The Balaban J connectivity index is 1.75. The molecule has 0 unspecified atom stereocenters. The molecular formula is C13H16F2N2O. The van der Waals surface area contributed by atoms with E-state index in [0.717, 1.165) is 11.1 Å². The van der Waals surface area contributed by atoms with Gasteiger partial charge in [-0.2, -0.15) is 0 Å². The number of ether oxygens (including phenoxy) is 1. The summed E-state index contributed by atoms with van der Waals surface area (Å²) in [5, 5.41) is 4.34. The zero-order valence-corrected chi connectivity index (χ0v) is 9.96. The fourth-order valence-corrected chi connectivity index (χ4v) is 1.84. The van der Waals surface area contributed by atoms with Gasteiger partial charge in [-0.3, -0.25) is 0 Å². The van der Waals surface area contributed by atoms with Gasteiger partial charge in [0.15, 0.2) is 0 Å². The number of alkyl halides is 2. The molecule has 0 aliphatic rings. The van der Waals surface area contributed by atoms with Crippen LogP contribution in [0.5, 0.6) is 0 Å². The van der Waals surface area contributed by atoms with E-state index in [1.165, 1.54) is 5.39 Å². The van der Waals surface area contributed by atoms with Crippen LogP contribution in [0.1, 0.15) is 5.56 Å². The van der Waals surface area contributed by atoms with Crippen molar-refractivity contribution >= 4 is 10.9 Å². The van der Waals surface area contributed by atoms with Crippen LogP contribution >= 0.6 is 0 Å². The van der Waals surface area contributed by atoms with Crippen LogP contribution in [0.4, 0.5) is 8.78 Å². The smallest absolute Gasteiger partial charge is 0.261 e. The third kappa shape index (κ3) is 3.51. The van der Waals surface area contributed by atoms with Gasteiger partial charge in [0.05, 0.1) is 6.61 Å². The van der Waals surface area contributed by atoms with Gasteiger partial charge in [-0.15, -0.1) is 0 Å². The molecule has 1 aromatic heterocycles. The summed E-state index contributed by atoms with van der Waals surface area (Å²) in [5.41, 5.74) is 2.27. The van der Waals surface area contributed by atoms with Gasteiger partial charge in [0.2, 0.25) is 0 Å². The summed E-state index contributed by atoms with van der Waals surface area (Å²) in [4.78, 5) is 3.18. The van der Waals surface area contributed by atoms with E-state index >= 15 is 0 Å². The molecule has 0 saturated carbocycles. The number of nitrogens with one attached hydrogen (secondary N) is 2. The average molecular weight is 254 g/mol. The van der Waals surface area contributed by atoms with Gasteiger partial charge in [0.25, 0.3) is 6.43 Å². The van der Waals surface area contributed by atoms with Crippen LogP contribution in [0, 0.1) is 0 Å². The highest BCUT2D eigenvalue weighted by Gasteiger charge is 2.02. The molecule has 98 valence electrons. The number of benzene rings is 1. The Kier molecular flexibility index (Phi) is 4.66. The third-order valence-corrected chi connectivity index (χ3v) is 2.66. The van der Waals surface area contributed by atoms with Crippen molar-refractivity contribution in [1.82, 2.24) is 10.3 Å². The van der Waals surface area contributed by atoms with Crippen LogP contribution in [0.3, 0.4) is 0 Å². The molecule has 0 radical (unpaired) electrons. The summed E-state index contributed by atoms with van der Waals surface area (Å²) in [6.45, 7) is 1.05. The zero-order chi connectivity index (χ0) is 12.8. The lowest BCUT2D eigenvalue weighted by atomic mass is 10.1. The minimum absolute atomic E-state index is 0.297. The molecule has 0 aliphatic carbocycles. The van der Waals surface area contributed by atoms with Crippen LogP contribution in [0.2, 0.25) is 0 Å². The van der Waals surface area contributed by atoms with Crippen LogP contribution < -0.4 is 5.32 Å². The first kappa shape index (κ1) is 13.0. The Morgan fingerprint density at radius 1 is 1.28 bits per heavy atom. The van der Waals surface area contributed by atoms with E-state index in [9.17, 15) is 8.78 Å². The second kappa shape index (κ2) is 6.47. The number of hydrogen-bond donors (Lipinski definition) is 2. The summed E-state index contributed by atoms with van der Waals surface area (Å²) in [5.74, 6) is 0. The molecule has 5 heteroatoms. The van der Waals surface area contributed by atoms with Crippen LogP contribution in [0.25, 0.3) is 10.9 Å². The number of aromatic amines is 1. The van der Waals surface area contributed by atoms with Crippen molar-refractivity contribution in [1.29, 1.82) is 0 Å². The number of rotatable bonds is 7. The van der Waals surface area contributed by atoms with Crippen molar-refractivity contribution in [3.63, 3.8) is 0 Å². The number of hydrogen-bond acceptors (Lipinski definition) is 2. The predicted octanol–water partition coefficient (Wildman–Crippen LogP) is 2.54. The van der Waals surface area contributed by atoms with Gasteiger partial charge in [-0.05, 0) is 17.0 Å². The number of aromatic nitrogens is 1. The highest BCUT2D eigenvalue weighted by atomic mass is 19.3. The highest BCUT2D eigenvalue weighted by Crippen LogP contribution is 2.16. The lowest BCUT2D eigenvalue weighted by Crippen LogP contribution is -2.20. The van der Waals surface area contributed by atoms with Crippen LogP contribution in [0.15, 0.2) is 30.5 Å². The largest absolute Gasteiger partial charge is 0.374 e. The minimum Gasteiger partial charge on any atom is -0.374 e. The molecule has 2 N–H and O–H groups in total. The van der Waals surface area contributed by atoms with Gasteiger partial charge in [0, 0.05) is 24.8 Å². The highest BCUT2D eigenvalue weighted by molar-refractivity contribution is 5.82. The molecule has 0 saturated heterocycles. The fraction of sp³-hybridized carbons (Fsp3) is 0.385. The summed E-state index contributed by atoms with van der Waals surface area (Å²) in [6, 6.07) is 8.10. The topological polar surface area (TPSA) is 37.0 Å². The van der Waals surface area contributed by atoms with Crippen molar-refractivity contribution < 1.29 is 13.5 Å². The van der Waals surface area contributed by atoms with Crippen LogP contribution in [-0.2, 0) is 11.3 Å². The van der Waals surface area contributed by atoms with Gasteiger partial charge >= 0.3 is 0 Å². The van der Waals surface area contributed by atoms with Gasteiger partial charge < -0.3 is 15.0 Å². The lowest BCUT2D eigenvalue weighted by Gasteiger charge is -2.07. The zero-order valence-electron chi connectivity index (χ0n) is 9.96. The minimum atomic E-state index is -2.39. The molecule has 1 aromatic carbocycles. The molecule has 0 bridgehead atoms. The molecule has 18 heavy (non-hydrogen) atoms. The lowest BCUT2D eigenvalue weighted by molar-refractivity contribution is 0.0187. The van der Waals surface area contributed by atoms with Crippen molar-refractivity contribution in [3.8, 4) is 0 Å². The first-order chi connectivity index (χ1) is 8.77. The van der Waals surface area contributed by atoms with E-state index in [1.54, 1.807) is 0 Å². The molecule has 0 atom stereocenters. The molecular weight excluding hydrogens is 238 g/mol.